The Kier molecular flexibility index (Phi) is 6.88. The monoisotopic (exact) mass is 590 g/mol. The summed E-state index contributed by atoms with van der Waals surface area (Å²) < 4.78 is 0. The maximum Gasteiger partial charge on any atom is 0.160 e. The van der Waals surface area contributed by atoms with Crippen LogP contribution in [0.4, 0.5) is 0 Å². The predicted molar refractivity (Wildman–Crippen MR) is 189 cm³/mol. The molecule has 0 aliphatic heterocycles. The van der Waals surface area contributed by atoms with Gasteiger partial charge in [-0.25, -0.2) is 19.9 Å². The first-order chi connectivity index (χ1) is 22.6. The fourth-order valence-corrected chi connectivity index (χ4v) is 6.14. The zero-order valence-corrected chi connectivity index (χ0v) is 25.6. The quantitative estimate of drug-likeness (QED) is 0.200. The standard InChI is InChI=1S/C42H30N4/c1-27-21-22-34-37(25-27)43-41(30-15-8-4-9-16-30)45-39(34)33-20-12-19-32(26-33)35-23-28(2)24-36-38(29-13-6-3-7-14-29)44-42(46-40(35)36)31-17-10-5-11-18-31/h3-26H,1-2H3. The highest BCUT2D eigenvalue weighted by Gasteiger charge is 2.18. The van der Waals surface area contributed by atoms with Gasteiger partial charge in [-0.1, -0.05) is 121 Å². The average Bonchev–Trinajstić information content (AvgIpc) is 3.11. The minimum atomic E-state index is 0.706. The Morgan fingerprint density at radius 3 is 1.61 bits per heavy atom. The van der Waals surface area contributed by atoms with E-state index in [1.807, 2.05) is 42.5 Å². The highest BCUT2D eigenvalue weighted by molar-refractivity contribution is 6.03. The average molecular weight is 591 g/mol. The van der Waals surface area contributed by atoms with Crippen LogP contribution in [0, 0.1) is 13.8 Å². The molecule has 0 aliphatic rings. The van der Waals surface area contributed by atoms with Crippen molar-refractivity contribution >= 4 is 21.8 Å². The van der Waals surface area contributed by atoms with Crippen LogP contribution in [0.2, 0.25) is 0 Å². The van der Waals surface area contributed by atoms with Gasteiger partial charge in [-0.15, -0.1) is 0 Å². The lowest BCUT2D eigenvalue weighted by Crippen LogP contribution is -1.98. The number of aryl methyl sites for hydroxylation is 2. The fourth-order valence-electron chi connectivity index (χ4n) is 6.14. The van der Waals surface area contributed by atoms with Gasteiger partial charge in [0, 0.05) is 38.6 Å². The molecule has 8 rings (SSSR count). The Labute approximate surface area is 268 Å². The summed E-state index contributed by atoms with van der Waals surface area (Å²) >= 11 is 0. The van der Waals surface area contributed by atoms with E-state index in [1.165, 1.54) is 5.56 Å². The minimum Gasteiger partial charge on any atom is -0.228 e. The lowest BCUT2D eigenvalue weighted by Gasteiger charge is -2.15. The van der Waals surface area contributed by atoms with Gasteiger partial charge in [-0.3, -0.25) is 0 Å². The first-order valence-corrected chi connectivity index (χ1v) is 15.5. The third kappa shape index (κ3) is 5.10. The molecule has 8 aromatic rings. The summed E-state index contributed by atoms with van der Waals surface area (Å²) in [7, 11) is 0. The van der Waals surface area contributed by atoms with Crippen LogP contribution in [-0.2, 0) is 0 Å². The van der Waals surface area contributed by atoms with E-state index in [0.29, 0.717) is 11.6 Å². The molecular formula is C42H30N4. The number of hydrogen-bond acceptors (Lipinski definition) is 4. The van der Waals surface area contributed by atoms with Crippen molar-refractivity contribution < 1.29 is 0 Å². The van der Waals surface area contributed by atoms with Gasteiger partial charge in [-0.05, 0) is 54.8 Å². The molecule has 0 radical (unpaired) electrons. The highest BCUT2D eigenvalue weighted by atomic mass is 14.9. The van der Waals surface area contributed by atoms with Crippen LogP contribution in [0.5, 0.6) is 0 Å². The molecule has 0 saturated carbocycles. The minimum absolute atomic E-state index is 0.706. The van der Waals surface area contributed by atoms with Gasteiger partial charge in [0.25, 0.3) is 0 Å². The van der Waals surface area contributed by atoms with Gasteiger partial charge in [0.05, 0.1) is 22.4 Å². The van der Waals surface area contributed by atoms with Crippen LogP contribution in [0.15, 0.2) is 146 Å². The second-order valence-corrected chi connectivity index (χ2v) is 11.7. The molecular weight excluding hydrogens is 560 g/mol. The second-order valence-electron chi connectivity index (χ2n) is 11.7. The molecule has 4 heteroatoms. The SMILES string of the molecule is Cc1ccc2c(-c3cccc(-c4cc(C)cc5c(-c6ccccc6)nc(-c6ccccc6)nc45)c3)nc(-c3ccccc3)nc2c1. The van der Waals surface area contributed by atoms with Crippen LogP contribution < -0.4 is 0 Å². The predicted octanol–water partition coefficient (Wildman–Crippen LogP) is 10.5. The molecule has 0 spiro atoms. The van der Waals surface area contributed by atoms with Gasteiger partial charge in [-0.2, -0.15) is 0 Å². The molecule has 6 aromatic carbocycles. The number of rotatable bonds is 5. The Bertz CT molecular complexity index is 2370. The van der Waals surface area contributed by atoms with E-state index in [2.05, 4.69) is 117 Å². The van der Waals surface area contributed by atoms with E-state index in [4.69, 9.17) is 19.9 Å². The van der Waals surface area contributed by atoms with Crippen LogP contribution in [0.1, 0.15) is 11.1 Å². The van der Waals surface area contributed by atoms with Crippen molar-refractivity contribution in [3.05, 3.63) is 157 Å². The van der Waals surface area contributed by atoms with Gasteiger partial charge >= 0.3 is 0 Å². The van der Waals surface area contributed by atoms with Crippen molar-refractivity contribution in [2.24, 2.45) is 0 Å². The molecule has 0 unspecified atom stereocenters. The maximum atomic E-state index is 5.23. The van der Waals surface area contributed by atoms with E-state index in [9.17, 15) is 0 Å². The summed E-state index contributed by atoms with van der Waals surface area (Å²) in [5, 5.41) is 2.05. The topological polar surface area (TPSA) is 51.6 Å². The van der Waals surface area contributed by atoms with Crippen molar-refractivity contribution in [1.29, 1.82) is 0 Å². The van der Waals surface area contributed by atoms with E-state index in [1.54, 1.807) is 0 Å². The third-order valence-corrected chi connectivity index (χ3v) is 8.36. The third-order valence-electron chi connectivity index (χ3n) is 8.36. The Morgan fingerprint density at radius 1 is 0.370 bits per heavy atom. The smallest absolute Gasteiger partial charge is 0.160 e. The summed E-state index contributed by atoms with van der Waals surface area (Å²) in [6.45, 7) is 4.24. The molecule has 0 fully saturated rings. The van der Waals surface area contributed by atoms with E-state index in [0.717, 1.165) is 72.1 Å². The van der Waals surface area contributed by atoms with Crippen molar-refractivity contribution in [1.82, 2.24) is 19.9 Å². The normalized spacial score (nSPS) is 11.3. The summed E-state index contributed by atoms with van der Waals surface area (Å²) in [5.74, 6) is 1.42. The molecule has 2 heterocycles. The van der Waals surface area contributed by atoms with Gasteiger partial charge in [0.2, 0.25) is 0 Å². The molecule has 46 heavy (non-hydrogen) atoms. The molecule has 0 N–H and O–H groups in total. The zero-order valence-electron chi connectivity index (χ0n) is 25.6. The Hall–Kier alpha value is -6.00. The Balaban J connectivity index is 1.37. The van der Waals surface area contributed by atoms with E-state index in [-0.39, 0.29) is 0 Å². The number of nitrogens with zero attached hydrogens (tertiary/aromatic N) is 4. The second kappa shape index (κ2) is 11.5. The van der Waals surface area contributed by atoms with Gasteiger partial charge in [0.1, 0.15) is 0 Å². The zero-order chi connectivity index (χ0) is 31.0. The van der Waals surface area contributed by atoms with Crippen molar-refractivity contribution in [2.45, 2.75) is 13.8 Å². The number of benzene rings is 6. The van der Waals surface area contributed by atoms with Gasteiger partial charge in [0.15, 0.2) is 11.6 Å². The molecule has 0 atom stereocenters. The molecule has 0 saturated heterocycles. The molecule has 2 aromatic heterocycles. The van der Waals surface area contributed by atoms with E-state index >= 15 is 0 Å². The van der Waals surface area contributed by atoms with Crippen LogP contribution in [-0.4, -0.2) is 19.9 Å². The molecule has 4 nitrogen and oxygen atoms in total. The first kappa shape index (κ1) is 27.5. The highest BCUT2D eigenvalue weighted by Crippen LogP contribution is 2.38. The fraction of sp³-hybridized carbons (Fsp3) is 0.0476. The van der Waals surface area contributed by atoms with E-state index < -0.39 is 0 Å². The van der Waals surface area contributed by atoms with Crippen LogP contribution in [0.25, 0.3) is 78.2 Å². The van der Waals surface area contributed by atoms with Crippen LogP contribution in [0.3, 0.4) is 0 Å². The summed E-state index contributed by atoms with van der Waals surface area (Å²) in [6.07, 6.45) is 0. The van der Waals surface area contributed by atoms with Gasteiger partial charge < -0.3 is 0 Å². The molecule has 218 valence electrons. The number of aromatic nitrogens is 4. The molecule has 0 amide bonds. The summed E-state index contributed by atoms with van der Waals surface area (Å²) in [4.78, 5) is 20.5. The van der Waals surface area contributed by atoms with Crippen molar-refractivity contribution in [3.63, 3.8) is 0 Å². The number of fused-ring (bicyclic) bond motifs is 2. The van der Waals surface area contributed by atoms with Crippen molar-refractivity contribution in [2.75, 3.05) is 0 Å². The Morgan fingerprint density at radius 2 is 0.935 bits per heavy atom. The summed E-state index contributed by atoms with van der Waals surface area (Å²) in [5.41, 5.74) is 12.2. The molecule has 0 bridgehead atoms. The molecule has 0 aliphatic carbocycles. The first-order valence-electron chi connectivity index (χ1n) is 15.5. The largest absolute Gasteiger partial charge is 0.228 e. The lowest BCUT2D eigenvalue weighted by atomic mass is 9.94. The summed E-state index contributed by atoms with van der Waals surface area (Å²) in [6, 6.07) is 50.3. The van der Waals surface area contributed by atoms with Crippen molar-refractivity contribution in [3.8, 4) is 56.4 Å². The number of hydrogen-bond donors (Lipinski definition) is 0. The maximum absolute atomic E-state index is 5.23. The lowest BCUT2D eigenvalue weighted by molar-refractivity contribution is 1.22. The van der Waals surface area contributed by atoms with Crippen LogP contribution >= 0.6 is 0 Å².